The maximum atomic E-state index is 12.7. The van der Waals surface area contributed by atoms with Gasteiger partial charge in [-0.3, -0.25) is 14.2 Å². The molecule has 0 atom stereocenters. The molecule has 0 radical (unpaired) electrons. The molecular weight excluding hydrogens is 326 g/mol. The zero-order valence-electron chi connectivity index (χ0n) is 12.9. The Hall–Kier alpha value is -2.38. The molecule has 3 rings (SSSR count). The van der Waals surface area contributed by atoms with Crippen LogP contribution in [0.4, 0.5) is 0 Å². The van der Waals surface area contributed by atoms with E-state index in [1.807, 2.05) is 6.07 Å². The minimum atomic E-state index is -0.149. The Bertz CT molecular complexity index is 903. The van der Waals surface area contributed by atoms with Crippen LogP contribution in [0.5, 0.6) is 0 Å². The number of nitrogens with zero attached hydrogens (tertiary/aromatic N) is 2. The lowest BCUT2D eigenvalue weighted by Crippen LogP contribution is -2.24. The number of aromatic nitrogens is 3. The molecule has 2 aromatic heterocycles. The van der Waals surface area contributed by atoms with E-state index in [4.69, 9.17) is 5.11 Å². The number of rotatable bonds is 7. The molecule has 2 heterocycles. The third kappa shape index (κ3) is 3.42. The third-order valence-corrected chi connectivity index (χ3v) is 4.57. The normalized spacial score (nSPS) is 11.0. The molecule has 0 spiro atoms. The van der Waals surface area contributed by atoms with Gasteiger partial charge < -0.3 is 10.1 Å². The Labute approximate surface area is 142 Å². The molecule has 0 fully saturated rings. The highest BCUT2D eigenvalue weighted by Gasteiger charge is 2.14. The maximum absolute atomic E-state index is 12.7. The molecule has 124 valence electrons. The second kappa shape index (κ2) is 7.46. The van der Waals surface area contributed by atoms with Gasteiger partial charge in [-0.15, -0.1) is 0 Å². The minimum Gasteiger partial charge on any atom is -0.396 e. The van der Waals surface area contributed by atoms with Crippen molar-refractivity contribution >= 4 is 28.4 Å². The summed E-state index contributed by atoms with van der Waals surface area (Å²) in [5.74, 6) is 0.130. The monoisotopic (exact) mass is 343 g/mol. The van der Waals surface area contributed by atoms with E-state index in [0.29, 0.717) is 34.7 Å². The summed E-state index contributed by atoms with van der Waals surface area (Å²) in [6, 6.07) is 10.6. The summed E-state index contributed by atoms with van der Waals surface area (Å²) in [5.41, 5.74) is 0.994. The lowest BCUT2D eigenvalue weighted by molar-refractivity contribution is 0.101. The van der Waals surface area contributed by atoms with Crippen molar-refractivity contribution in [1.82, 2.24) is 14.5 Å². The number of carbonyl (C=O) groups excluding carboxylic acids is 1. The number of benzene rings is 1. The average molecular weight is 343 g/mol. The summed E-state index contributed by atoms with van der Waals surface area (Å²) in [7, 11) is 0. The van der Waals surface area contributed by atoms with Gasteiger partial charge in [0.05, 0.1) is 22.3 Å². The molecule has 0 aliphatic heterocycles. The molecule has 6 nitrogen and oxygen atoms in total. The summed E-state index contributed by atoms with van der Waals surface area (Å²) < 4.78 is 1.53. The van der Waals surface area contributed by atoms with Gasteiger partial charge in [-0.05, 0) is 30.7 Å². The topological polar surface area (TPSA) is 88.0 Å². The van der Waals surface area contributed by atoms with Crippen LogP contribution in [0.2, 0.25) is 0 Å². The molecule has 0 aliphatic rings. The first-order valence-corrected chi connectivity index (χ1v) is 8.59. The van der Waals surface area contributed by atoms with Crippen molar-refractivity contribution in [3.05, 3.63) is 58.6 Å². The Morgan fingerprint density at radius 3 is 2.83 bits per heavy atom. The van der Waals surface area contributed by atoms with E-state index in [1.54, 1.807) is 36.5 Å². The maximum Gasteiger partial charge on any atom is 0.262 e. The Morgan fingerprint density at radius 1 is 1.25 bits per heavy atom. The van der Waals surface area contributed by atoms with Crippen LogP contribution in [0.3, 0.4) is 0 Å². The molecule has 0 amide bonds. The number of hydrogen-bond acceptors (Lipinski definition) is 5. The van der Waals surface area contributed by atoms with Crippen LogP contribution in [-0.4, -0.2) is 37.8 Å². The highest BCUT2D eigenvalue weighted by molar-refractivity contribution is 7.99. The molecule has 2 N–H and O–H groups in total. The fourth-order valence-corrected chi connectivity index (χ4v) is 3.30. The number of nitrogens with one attached hydrogen (secondary N) is 1. The molecule has 0 aliphatic carbocycles. The van der Waals surface area contributed by atoms with Crippen molar-refractivity contribution in [3.63, 3.8) is 0 Å². The van der Waals surface area contributed by atoms with Gasteiger partial charge in [0, 0.05) is 19.3 Å². The summed E-state index contributed by atoms with van der Waals surface area (Å²) >= 11 is 1.23. The highest BCUT2D eigenvalue weighted by Crippen LogP contribution is 2.19. The number of thioether (sulfide) groups is 1. The molecule has 0 bridgehead atoms. The zero-order chi connectivity index (χ0) is 16.9. The van der Waals surface area contributed by atoms with Gasteiger partial charge in [-0.1, -0.05) is 23.9 Å². The van der Waals surface area contributed by atoms with Crippen molar-refractivity contribution in [1.29, 1.82) is 0 Å². The van der Waals surface area contributed by atoms with Crippen molar-refractivity contribution < 1.29 is 9.90 Å². The number of ketones is 1. The first kappa shape index (κ1) is 16.5. The molecule has 0 unspecified atom stereocenters. The molecule has 0 saturated carbocycles. The van der Waals surface area contributed by atoms with E-state index in [9.17, 15) is 9.59 Å². The molecule has 0 saturated heterocycles. The van der Waals surface area contributed by atoms with Crippen LogP contribution in [0.1, 0.15) is 16.9 Å². The standard InChI is InChI=1S/C17H17N3O3S/c21-10-4-9-20-16(23)12-5-1-2-6-13(12)19-17(20)24-11-15(22)14-7-3-8-18-14/h1-3,5-8,18,21H,4,9-11H2. The van der Waals surface area contributed by atoms with Crippen LogP contribution >= 0.6 is 11.8 Å². The van der Waals surface area contributed by atoms with Gasteiger partial charge in [0.1, 0.15) is 0 Å². The summed E-state index contributed by atoms with van der Waals surface area (Å²) in [6.45, 7) is 0.358. The number of para-hydroxylation sites is 1. The summed E-state index contributed by atoms with van der Waals surface area (Å²) in [6.07, 6.45) is 2.15. The van der Waals surface area contributed by atoms with Gasteiger partial charge in [0.2, 0.25) is 0 Å². The molecule has 3 aromatic rings. The predicted octanol–water partition coefficient (Wildman–Crippen LogP) is 2.08. The summed E-state index contributed by atoms with van der Waals surface area (Å²) in [4.78, 5) is 32.2. The van der Waals surface area contributed by atoms with Gasteiger partial charge in [-0.25, -0.2) is 4.98 Å². The van der Waals surface area contributed by atoms with Crippen LogP contribution in [-0.2, 0) is 6.54 Å². The fraction of sp³-hybridized carbons (Fsp3) is 0.235. The van der Waals surface area contributed by atoms with Crippen LogP contribution in [0.25, 0.3) is 10.9 Å². The van der Waals surface area contributed by atoms with Gasteiger partial charge in [0.25, 0.3) is 5.56 Å². The summed E-state index contributed by atoms with van der Waals surface area (Å²) in [5, 5.41) is 10.1. The lowest BCUT2D eigenvalue weighted by Gasteiger charge is -2.12. The van der Waals surface area contributed by atoms with Crippen molar-refractivity contribution in [2.75, 3.05) is 12.4 Å². The number of aliphatic hydroxyl groups excluding tert-OH is 1. The van der Waals surface area contributed by atoms with Gasteiger partial charge in [-0.2, -0.15) is 0 Å². The predicted molar refractivity (Wildman–Crippen MR) is 93.6 cm³/mol. The number of Topliss-reactive ketones (excluding diaryl/α,β-unsaturated/α-hetero) is 1. The van der Waals surface area contributed by atoms with E-state index >= 15 is 0 Å². The van der Waals surface area contributed by atoms with Crippen molar-refractivity contribution in [3.8, 4) is 0 Å². The van der Waals surface area contributed by atoms with Crippen LogP contribution in [0, 0.1) is 0 Å². The first-order chi connectivity index (χ1) is 11.7. The number of carbonyl (C=O) groups is 1. The zero-order valence-corrected chi connectivity index (χ0v) is 13.8. The molecule has 24 heavy (non-hydrogen) atoms. The number of H-pyrrole nitrogens is 1. The Balaban J connectivity index is 1.92. The Kier molecular flexibility index (Phi) is 5.12. The second-order valence-corrected chi connectivity index (χ2v) is 6.18. The quantitative estimate of drug-likeness (QED) is 0.390. The number of hydrogen-bond donors (Lipinski definition) is 2. The van der Waals surface area contributed by atoms with E-state index in [1.165, 1.54) is 16.3 Å². The lowest BCUT2D eigenvalue weighted by atomic mass is 10.2. The third-order valence-electron chi connectivity index (χ3n) is 3.60. The van der Waals surface area contributed by atoms with Crippen molar-refractivity contribution in [2.45, 2.75) is 18.1 Å². The first-order valence-electron chi connectivity index (χ1n) is 7.60. The smallest absolute Gasteiger partial charge is 0.262 e. The number of aromatic amines is 1. The van der Waals surface area contributed by atoms with E-state index < -0.39 is 0 Å². The van der Waals surface area contributed by atoms with Gasteiger partial charge >= 0.3 is 0 Å². The molecular formula is C17H17N3O3S. The van der Waals surface area contributed by atoms with Crippen molar-refractivity contribution in [2.24, 2.45) is 0 Å². The average Bonchev–Trinajstić information content (AvgIpc) is 3.14. The Morgan fingerprint density at radius 2 is 2.08 bits per heavy atom. The fourth-order valence-electron chi connectivity index (χ4n) is 2.40. The largest absolute Gasteiger partial charge is 0.396 e. The molecule has 7 heteroatoms. The van der Waals surface area contributed by atoms with Crippen LogP contribution < -0.4 is 5.56 Å². The molecule has 1 aromatic carbocycles. The number of aliphatic hydroxyl groups is 1. The van der Waals surface area contributed by atoms with Crippen LogP contribution in [0.15, 0.2) is 52.5 Å². The SMILES string of the molecule is O=C(CSc1nc2ccccc2c(=O)n1CCCO)c1ccc[nH]1. The van der Waals surface area contributed by atoms with Gasteiger partial charge in [0.15, 0.2) is 10.9 Å². The minimum absolute atomic E-state index is 0.00915. The number of fused-ring (bicyclic) bond motifs is 1. The van der Waals surface area contributed by atoms with E-state index in [0.717, 1.165) is 0 Å². The highest BCUT2D eigenvalue weighted by atomic mass is 32.2. The van der Waals surface area contributed by atoms with E-state index in [2.05, 4.69) is 9.97 Å². The van der Waals surface area contributed by atoms with E-state index in [-0.39, 0.29) is 23.7 Å². The second-order valence-electron chi connectivity index (χ2n) is 5.24.